The van der Waals surface area contributed by atoms with Gasteiger partial charge < -0.3 is 20.7 Å². The quantitative estimate of drug-likeness (QED) is 0.185. The molecular weight excluding hydrogens is 579 g/mol. The van der Waals surface area contributed by atoms with Crippen LogP contribution in [0.4, 0.5) is 33.5 Å². The molecule has 3 N–H and O–H groups in total. The lowest BCUT2D eigenvalue weighted by Gasteiger charge is -2.17. The molecule has 2 atom stereocenters. The predicted octanol–water partition coefficient (Wildman–Crippen LogP) is 3.67. The number of carbonyl (C=O) groups excluding carboxylic acids is 2. The van der Waals surface area contributed by atoms with Gasteiger partial charge in [0, 0.05) is 48.8 Å². The van der Waals surface area contributed by atoms with Crippen LogP contribution in [0.2, 0.25) is 0 Å². The number of ether oxygens (including phenoxy) is 1. The van der Waals surface area contributed by atoms with Gasteiger partial charge in [0.2, 0.25) is 0 Å². The molecule has 2 fully saturated rings. The molecule has 3 aromatic heterocycles. The van der Waals surface area contributed by atoms with Gasteiger partial charge in [-0.1, -0.05) is 6.92 Å². The molecule has 1 aromatic carbocycles. The minimum atomic E-state index is -4.91. The number of anilines is 2. The van der Waals surface area contributed by atoms with E-state index in [0.29, 0.717) is 34.1 Å². The zero-order valence-electron chi connectivity index (χ0n) is 22.5. The second kappa shape index (κ2) is 10.9. The lowest BCUT2D eigenvalue weighted by atomic mass is 10.0. The maximum atomic E-state index is 13.8. The van der Waals surface area contributed by atoms with Crippen molar-refractivity contribution in [2.45, 2.75) is 38.5 Å². The van der Waals surface area contributed by atoms with Gasteiger partial charge in [-0.3, -0.25) is 18.7 Å². The molecule has 0 bridgehead atoms. The molecule has 2 aliphatic rings. The lowest BCUT2D eigenvalue weighted by molar-refractivity contribution is -0.141. The van der Waals surface area contributed by atoms with Crippen molar-refractivity contribution in [2.75, 3.05) is 18.4 Å². The molecule has 1 saturated heterocycles. The second-order valence-corrected chi connectivity index (χ2v) is 10.3. The van der Waals surface area contributed by atoms with E-state index in [1.807, 2.05) is 0 Å². The molecule has 2 unspecified atom stereocenters. The molecule has 4 heterocycles. The molecule has 226 valence electrons. The number of nitrogens with zero attached hydrogens (tertiary/aromatic N) is 5. The number of hydrogen-bond acceptors (Lipinski definition) is 8. The summed E-state index contributed by atoms with van der Waals surface area (Å²) in [5.41, 5.74) is -0.665. The number of carbonyl (C=O) groups is 2. The van der Waals surface area contributed by atoms with Crippen molar-refractivity contribution in [2.24, 2.45) is 11.8 Å². The molecule has 1 saturated carbocycles. The average Bonchev–Trinajstić information content (AvgIpc) is 3.42. The number of fused-ring (bicyclic) bond motifs is 2. The number of aromatic nitrogens is 5. The van der Waals surface area contributed by atoms with Crippen LogP contribution in [0.15, 0.2) is 36.9 Å². The first-order valence-electron chi connectivity index (χ1n) is 13.4. The number of imidazole rings is 1. The van der Waals surface area contributed by atoms with Crippen molar-refractivity contribution in [1.29, 1.82) is 0 Å². The molecule has 1 amide bonds. The van der Waals surface area contributed by atoms with Crippen molar-refractivity contribution in [3.8, 4) is 17.0 Å². The number of rotatable bonds is 10. The van der Waals surface area contributed by atoms with E-state index in [0.717, 1.165) is 25.5 Å². The van der Waals surface area contributed by atoms with Crippen molar-refractivity contribution in [3.63, 3.8) is 0 Å². The summed E-state index contributed by atoms with van der Waals surface area (Å²) in [6, 6.07) is 3.21. The van der Waals surface area contributed by atoms with Gasteiger partial charge in [-0.15, -0.1) is 0 Å². The summed E-state index contributed by atoms with van der Waals surface area (Å²) < 4.78 is 74.3. The molecule has 1 aliphatic carbocycles. The van der Waals surface area contributed by atoms with Crippen LogP contribution < -0.4 is 20.7 Å². The Bertz CT molecular complexity index is 1690. The number of amides is 1. The van der Waals surface area contributed by atoms with E-state index in [1.165, 1.54) is 22.9 Å². The van der Waals surface area contributed by atoms with Crippen molar-refractivity contribution >= 4 is 29.5 Å². The van der Waals surface area contributed by atoms with Gasteiger partial charge in [-0.25, -0.2) is 18.7 Å². The number of alkyl halides is 5. The Morgan fingerprint density at radius 1 is 1.23 bits per heavy atom. The summed E-state index contributed by atoms with van der Waals surface area (Å²) in [5, 5.41) is 12.7. The van der Waals surface area contributed by atoms with Crippen molar-refractivity contribution in [1.82, 2.24) is 34.8 Å². The fourth-order valence-corrected chi connectivity index (χ4v) is 5.72. The Hall–Kier alpha value is -4.60. The van der Waals surface area contributed by atoms with E-state index in [2.05, 4.69) is 31.0 Å². The van der Waals surface area contributed by atoms with E-state index < -0.39 is 30.4 Å². The largest absolute Gasteiger partial charge is 0.435 e. The first-order chi connectivity index (χ1) is 20.6. The van der Waals surface area contributed by atoms with Crippen LogP contribution in [0, 0.1) is 11.8 Å². The van der Waals surface area contributed by atoms with Crippen LogP contribution in [0.25, 0.3) is 16.9 Å². The van der Waals surface area contributed by atoms with Crippen LogP contribution in [0.3, 0.4) is 0 Å². The van der Waals surface area contributed by atoms with Crippen LogP contribution in [-0.2, 0) is 23.9 Å². The summed E-state index contributed by atoms with van der Waals surface area (Å²) in [6.45, 7) is 2.72. The minimum absolute atomic E-state index is 0.0565. The number of piperidine rings is 1. The summed E-state index contributed by atoms with van der Waals surface area (Å²) in [7, 11) is 0. The molecule has 0 spiro atoms. The lowest BCUT2D eigenvalue weighted by Crippen LogP contribution is -2.33. The third-order valence-electron chi connectivity index (χ3n) is 7.73. The van der Waals surface area contributed by atoms with Gasteiger partial charge in [0.25, 0.3) is 18.8 Å². The number of benzene rings is 1. The fraction of sp³-hybridized carbons (Fsp3) is 0.370. The first-order valence-corrected chi connectivity index (χ1v) is 13.4. The molecule has 6 rings (SSSR count). The Morgan fingerprint density at radius 3 is 2.67 bits per heavy atom. The minimum Gasteiger partial charge on any atom is -0.426 e. The van der Waals surface area contributed by atoms with Crippen molar-refractivity contribution in [3.05, 3.63) is 53.7 Å². The van der Waals surface area contributed by atoms with E-state index in [9.17, 15) is 31.5 Å². The Kier molecular flexibility index (Phi) is 7.23. The Morgan fingerprint density at radius 2 is 2.00 bits per heavy atom. The van der Waals surface area contributed by atoms with Gasteiger partial charge in [0.15, 0.2) is 22.9 Å². The molecule has 16 heteroatoms. The fourth-order valence-electron chi connectivity index (χ4n) is 5.72. The molecule has 0 radical (unpaired) electrons. The van der Waals surface area contributed by atoms with E-state index in [4.69, 9.17) is 4.74 Å². The van der Waals surface area contributed by atoms with Gasteiger partial charge >= 0.3 is 6.18 Å². The van der Waals surface area contributed by atoms with Crippen LogP contribution in [-0.4, -0.2) is 62.1 Å². The monoisotopic (exact) mass is 604 g/mol. The number of halogens is 5. The highest BCUT2D eigenvalue weighted by Gasteiger charge is 2.53. The standard InChI is InChI=1S/C27H25F5N8O3/c1-2-13-14(26(42)37-21-15-7-33-8-16(15)21)3-4-18(22(13)43-12-41)36-24-25-35-9-19(40(25)6-5-34-24)17-10-39(11-20(28)29)38-23(17)27(30,31)32/h3-6,9-10,12,15-16,20-21,33H,2,7-8,11H2,1H3,(H,34,36)(H,37,42). The van der Waals surface area contributed by atoms with Crippen molar-refractivity contribution < 1.29 is 36.3 Å². The third-order valence-corrected chi connectivity index (χ3v) is 7.73. The number of nitrogens with one attached hydrogen (secondary N) is 3. The average molecular weight is 605 g/mol. The summed E-state index contributed by atoms with van der Waals surface area (Å²) in [5.74, 6) is 0.696. The van der Waals surface area contributed by atoms with E-state index in [1.54, 1.807) is 13.0 Å². The Labute approximate surface area is 240 Å². The van der Waals surface area contributed by atoms with Gasteiger partial charge in [-0.05, 0) is 30.4 Å². The highest BCUT2D eigenvalue weighted by molar-refractivity contribution is 5.98. The summed E-state index contributed by atoms with van der Waals surface area (Å²) in [6.07, 6.45) is -2.76. The highest BCUT2D eigenvalue weighted by Crippen LogP contribution is 2.42. The SMILES string of the molecule is CCc1c(C(=O)NC2C3CNCC32)ccc(Nc2nccn3c(-c4cn(CC(F)F)nc4C(F)(F)F)cnc23)c1OC=O. The predicted molar refractivity (Wildman–Crippen MR) is 142 cm³/mol. The topological polar surface area (TPSA) is 127 Å². The molecule has 43 heavy (non-hydrogen) atoms. The maximum absolute atomic E-state index is 13.8. The summed E-state index contributed by atoms with van der Waals surface area (Å²) in [4.78, 5) is 33.1. The van der Waals surface area contributed by atoms with Crippen LogP contribution in [0.5, 0.6) is 5.75 Å². The molecular formula is C27H25F5N8O3. The highest BCUT2D eigenvalue weighted by atomic mass is 19.4. The van der Waals surface area contributed by atoms with E-state index >= 15 is 0 Å². The van der Waals surface area contributed by atoms with Gasteiger partial charge in [0.1, 0.15) is 6.54 Å². The molecule has 1 aliphatic heterocycles. The van der Waals surface area contributed by atoms with Gasteiger partial charge in [0.05, 0.1) is 23.1 Å². The second-order valence-electron chi connectivity index (χ2n) is 10.3. The Balaban J connectivity index is 1.34. The first kappa shape index (κ1) is 28.5. The summed E-state index contributed by atoms with van der Waals surface area (Å²) >= 11 is 0. The molecule has 4 aromatic rings. The third kappa shape index (κ3) is 5.26. The molecule has 11 nitrogen and oxygen atoms in total. The zero-order chi connectivity index (χ0) is 30.5. The normalized spacial score (nSPS) is 19.5. The zero-order valence-corrected chi connectivity index (χ0v) is 22.5. The smallest absolute Gasteiger partial charge is 0.426 e. The van der Waals surface area contributed by atoms with E-state index in [-0.39, 0.29) is 47.0 Å². The number of hydrogen-bond donors (Lipinski definition) is 3. The van der Waals surface area contributed by atoms with Crippen LogP contribution >= 0.6 is 0 Å². The van der Waals surface area contributed by atoms with Crippen LogP contribution in [0.1, 0.15) is 28.5 Å². The van der Waals surface area contributed by atoms with Gasteiger partial charge in [-0.2, -0.15) is 18.3 Å². The maximum Gasteiger partial charge on any atom is 0.435 e.